The molecule has 2 N–H and O–H groups in total. The fourth-order valence-corrected chi connectivity index (χ4v) is 3.24. The van der Waals surface area contributed by atoms with Crippen molar-refractivity contribution in [1.82, 2.24) is 9.88 Å². The number of aliphatic imine (C=N–C) groups is 1. The van der Waals surface area contributed by atoms with Crippen LogP contribution in [0.5, 0.6) is 5.75 Å². The van der Waals surface area contributed by atoms with Gasteiger partial charge in [-0.15, -0.1) is 0 Å². The van der Waals surface area contributed by atoms with Crippen molar-refractivity contribution in [2.45, 2.75) is 0 Å². The molecule has 3 aromatic rings. The molecule has 0 saturated carbocycles. The number of amides is 2. The van der Waals surface area contributed by atoms with Crippen LogP contribution in [0.15, 0.2) is 65.8 Å². The van der Waals surface area contributed by atoms with Crippen LogP contribution in [-0.2, 0) is 0 Å². The molecule has 3 rings (SSSR count). The summed E-state index contributed by atoms with van der Waals surface area (Å²) in [6, 6.07) is 15.1. The Morgan fingerprint density at radius 3 is 2.24 bits per heavy atom. The van der Waals surface area contributed by atoms with Gasteiger partial charge in [0.2, 0.25) is 0 Å². The predicted molar refractivity (Wildman–Crippen MR) is 131 cm³/mol. The lowest BCUT2D eigenvalue weighted by Gasteiger charge is -2.16. The second-order valence-corrected chi connectivity index (χ2v) is 7.64. The van der Waals surface area contributed by atoms with E-state index in [0.717, 1.165) is 11.4 Å². The van der Waals surface area contributed by atoms with E-state index in [1.165, 1.54) is 13.3 Å². The van der Waals surface area contributed by atoms with Gasteiger partial charge in [-0.1, -0.05) is 23.7 Å². The summed E-state index contributed by atoms with van der Waals surface area (Å²) in [4.78, 5) is 36.0. The second-order valence-electron chi connectivity index (χ2n) is 7.20. The Labute approximate surface area is 197 Å². The number of rotatable bonds is 6. The molecule has 8 nitrogen and oxygen atoms in total. The lowest BCUT2D eigenvalue weighted by molar-refractivity contribution is 0.102. The Kier molecular flexibility index (Phi) is 7.63. The summed E-state index contributed by atoms with van der Waals surface area (Å²) in [5.41, 5.74) is 1.89. The Morgan fingerprint density at radius 2 is 1.67 bits per heavy atom. The van der Waals surface area contributed by atoms with Crippen molar-refractivity contribution in [3.8, 4) is 5.75 Å². The van der Waals surface area contributed by atoms with Crippen LogP contribution in [-0.4, -0.2) is 55.8 Å². The molecular formula is C24H24ClN5O3. The van der Waals surface area contributed by atoms with Crippen LogP contribution in [0.4, 0.5) is 11.5 Å². The number of pyridine rings is 1. The van der Waals surface area contributed by atoms with E-state index in [4.69, 9.17) is 16.3 Å². The zero-order valence-corrected chi connectivity index (χ0v) is 19.5. The molecule has 33 heavy (non-hydrogen) atoms. The van der Waals surface area contributed by atoms with Crippen molar-refractivity contribution >= 4 is 40.8 Å². The number of aromatic nitrogens is 1. The number of anilines is 2. The van der Waals surface area contributed by atoms with Crippen LogP contribution in [0.2, 0.25) is 5.02 Å². The van der Waals surface area contributed by atoms with Gasteiger partial charge in [0.05, 0.1) is 23.4 Å². The van der Waals surface area contributed by atoms with E-state index < -0.39 is 5.91 Å². The average molecular weight is 466 g/mol. The molecule has 1 heterocycles. The quantitative estimate of drug-likeness (QED) is 0.420. The van der Waals surface area contributed by atoms with Gasteiger partial charge in [0.25, 0.3) is 11.8 Å². The van der Waals surface area contributed by atoms with Crippen molar-refractivity contribution in [3.63, 3.8) is 0 Å². The van der Waals surface area contributed by atoms with Crippen molar-refractivity contribution < 1.29 is 14.3 Å². The third kappa shape index (κ3) is 5.87. The minimum Gasteiger partial charge on any atom is -0.497 e. The van der Waals surface area contributed by atoms with E-state index in [1.807, 2.05) is 31.1 Å². The summed E-state index contributed by atoms with van der Waals surface area (Å²) in [5.74, 6) is 0.789. The molecule has 2 aromatic carbocycles. The molecule has 9 heteroatoms. The van der Waals surface area contributed by atoms with Crippen molar-refractivity contribution in [3.05, 3.63) is 82.5 Å². The molecule has 0 radical (unpaired) electrons. The second kappa shape index (κ2) is 10.6. The van der Waals surface area contributed by atoms with Gasteiger partial charge in [-0.25, -0.2) is 4.98 Å². The van der Waals surface area contributed by atoms with E-state index in [0.29, 0.717) is 27.8 Å². The Bertz CT molecular complexity index is 1180. The molecule has 0 aliphatic carbocycles. The molecule has 1 aromatic heterocycles. The van der Waals surface area contributed by atoms with Gasteiger partial charge < -0.3 is 20.3 Å². The summed E-state index contributed by atoms with van der Waals surface area (Å²) in [5, 5.41) is 5.95. The van der Waals surface area contributed by atoms with Crippen LogP contribution in [0.1, 0.15) is 26.3 Å². The van der Waals surface area contributed by atoms with Crippen molar-refractivity contribution in [2.75, 3.05) is 38.9 Å². The predicted octanol–water partition coefficient (Wildman–Crippen LogP) is 4.19. The SMILES string of the molecule is C/N=C(\c1ccc(C(=O)Nc2ccc(OC)cc2C(=O)Nc2ccc(Cl)cn2)cc1)N(C)C. The zero-order valence-electron chi connectivity index (χ0n) is 18.7. The summed E-state index contributed by atoms with van der Waals surface area (Å²) < 4.78 is 5.24. The van der Waals surface area contributed by atoms with Gasteiger partial charge in [-0.05, 0) is 42.5 Å². The van der Waals surface area contributed by atoms with Gasteiger partial charge in [0.15, 0.2) is 0 Å². The first-order valence-electron chi connectivity index (χ1n) is 9.99. The van der Waals surface area contributed by atoms with Gasteiger partial charge >= 0.3 is 0 Å². The van der Waals surface area contributed by atoms with Gasteiger partial charge in [0, 0.05) is 38.5 Å². The molecule has 0 bridgehead atoms. The first-order chi connectivity index (χ1) is 15.8. The topological polar surface area (TPSA) is 95.9 Å². The number of amidine groups is 1. The van der Waals surface area contributed by atoms with E-state index in [2.05, 4.69) is 20.6 Å². The molecule has 0 atom stereocenters. The average Bonchev–Trinajstić information content (AvgIpc) is 2.81. The summed E-state index contributed by atoms with van der Waals surface area (Å²) in [6.07, 6.45) is 1.43. The van der Waals surface area contributed by atoms with E-state index >= 15 is 0 Å². The van der Waals surface area contributed by atoms with Gasteiger partial charge in [-0.3, -0.25) is 14.6 Å². The number of carbonyl (C=O) groups is 2. The smallest absolute Gasteiger partial charge is 0.259 e. The van der Waals surface area contributed by atoms with Crippen LogP contribution < -0.4 is 15.4 Å². The number of nitrogens with one attached hydrogen (secondary N) is 2. The monoisotopic (exact) mass is 465 g/mol. The molecule has 0 fully saturated rings. The van der Waals surface area contributed by atoms with Crippen LogP contribution in [0.3, 0.4) is 0 Å². The first kappa shape index (κ1) is 23.7. The maximum atomic E-state index is 12.9. The Morgan fingerprint density at radius 1 is 0.970 bits per heavy atom. The van der Waals surface area contributed by atoms with E-state index in [9.17, 15) is 9.59 Å². The third-order valence-electron chi connectivity index (χ3n) is 4.73. The maximum Gasteiger partial charge on any atom is 0.259 e. The maximum absolute atomic E-state index is 12.9. The number of hydrogen-bond acceptors (Lipinski definition) is 5. The fraction of sp³-hybridized carbons (Fsp3) is 0.167. The number of carbonyl (C=O) groups excluding carboxylic acids is 2. The molecule has 0 unspecified atom stereocenters. The van der Waals surface area contributed by atoms with Crippen molar-refractivity contribution in [2.24, 2.45) is 4.99 Å². The highest BCUT2D eigenvalue weighted by Crippen LogP contribution is 2.24. The Balaban J connectivity index is 1.83. The molecule has 2 amide bonds. The van der Waals surface area contributed by atoms with Gasteiger partial charge in [0.1, 0.15) is 17.4 Å². The number of halogens is 1. The molecule has 0 aliphatic rings. The minimum absolute atomic E-state index is 0.226. The highest BCUT2D eigenvalue weighted by Gasteiger charge is 2.17. The number of nitrogens with zero attached hydrogens (tertiary/aromatic N) is 3. The normalized spacial score (nSPS) is 11.0. The molecule has 170 valence electrons. The zero-order chi connectivity index (χ0) is 24.0. The van der Waals surface area contributed by atoms with Crippen molar-refractivity contribution in [1.29, 1.82) is 0 Å². The lowest BCUT2D eigenvalue weighted by atomic mass is 10.1. The summed E-state index contributed by atoms with van der Waals surface area (Å²) in [7, 11) is 7.02. The minimum atomic E-state index is -0.454. The summed E-state index contributed by atoms with van der Waals surface area (Å²) >= 11 is 5.85. The van der Waals surface area contributed by atoms with E-state index in [1.54, 1.807) is 49.5 Å². The number of methoxy groups -OCH3 is 1. The summed E-state index contributed by atoms with van der Waals surface area (Å²) in [6.45, 7) is 0. The van der Waals surface area contributed by atoms with Crippen LogP contribution in [0.25, 0.3) is 0 Å². The third-order valence-corrected chi connectivity index (χ3v) is 4.95. The highest BCUT2D eigenvalue weighted by atomic mass is 35.5. The van der Waals surface area contributed by atoms with Crippen LogP contribution >= 0.6 is 11.6 Å². The molecule has 0 saturated heterocycles. The standard InChI is InChI=1S/C24H24ClN5O3/c1-26-22(30(2)3)15-5-7-16(8-6-15)23(31)28-20-11-10-18(33-4)13-19(20)24(32)29-21-12-9-17(25)14-27-21/h5-14H,1-4H3,(H,28,31)(H,27,29,32)/b26-22+. The molecule has 0 aliphatic heterocycles. The number of hydrogen-bond donors (Lipinski definition) is 2. The first-order valence-corrected chi connectivity index (χ1v) is 10.4. The van der Waals surface area contributed by atoms with Gasteiger partial charge in [-0.2, -0.15) is 0 Å². The largest absolute Gasteiger partial charge is 0.497 e. The number of ether oxygens (including phenoxy) is 1. The Hall–Kier alpha value is -3.91. The van der Waals surface area contributed by atoms with Crippen LogP contribution in [0, 0.1) is 0 Å². The molecular weight excluding hydrogens is 442 g/mol. The lowest BCUT2D eigenvalue weighted by Crippen LogP contribution is -2.23. The van der Waals surface area contributed by atoms with E-state index in [-0.39, 0.29) is 11.5 Å². The number of benzene rings is 2. The fourth-order valence-electron chi connectivity index (χ4n) is 3.13. The highest BCUT2D eigenvalue weighted by molar-refractivity contribution is 6.30. The molecule has 0 spiro atoms.